The fourth-order valence-electron chi connectivity index (χ4n) is 4.90. The smallest absolute Gasteiger partial charge is 0.419 e. The second-order valence-corrected chi connectivity index (χ2v) is 10.5. The van der Waals surface area contributed by atoms with Gasteiger partial charge in [0, 0.05) is 41.5 Å². The van der Waals surface area contributed by atoms with Gasteiger partial charge < -0.3 is 30.2 Å². The van der Waals surface area contributed by atoms with Crippen molar-refractivity contribution in [2.24, 2.45) is 5.92 Å². The summed E-state index contributed by atoms with van der Waals surface area (Å²) in [4.78, 5) is 28.9. The van der Waals surface area contributed by atoms with Crippen LogP contribution in [0.25, 0.3) is 10.9 Å². The maximum absolute atomic E-state index is 15.0. The Labute approximate surface area is 260 Å². The van der Waals surface area contributed by atoms with Crippen molar-refractivity contribution < 1.29 is 45.8 Å². The fraction of sp³-hybridized carbons (Fsp3) is 0.281. The average Bonchev–Trinajstić information content (AvgIpc) is 3.04. The summed E-state index contributed by atoms with van der Waals surface area (Å²) in [5, 5.41) is 8.08. The maximum atomic E-state index is 15.0. The van der Waals surface area contributed by atoms with E-state index in [1.165, 1.54) is 25.4 Å². The third kappa shape index (κ3) is 7.62. The summed E-state index contributed by atoms with van der Waals surface area (Å²) < 4.78 is 85.5. The van der Waals surface area contributed by atoms with Crippen LogP contribution in [-0.4, -0.2) is 43.6 Å². The van der Waals surface area contributed by atoms with Gasteiger partial charge in [0.2, 0.25) is 0 Å². The highest BCUT2D eigenvalue weighted by Crippen LogP contribution is 2.38. The Kier molecular flexibility index (Phi) is 9.85. The van der Waals surface area contributed by atoms with Crippen molar-refractivity contribution in [2.45, 2.75) is 25.6 Å². The molecule has 1 fully saturated rings. The molecular weight excluding hydrogens is 615 g/mol. The highest BCUT2D eigenvalue weighted by molar-refractivity contribution is 6.39. The molecule has 2 amide bonds. The first kappa shape index (κ1) is 32.4. The van der Waals surface area contributed by atoms with Crippen LogP contribution in [0.3, 0.4) is 0 Å². The van der Waals surface area contributed by atoms with Gasteiger partial charge in [0.05, 0.1) is 24.8 Å². The van der Waals surface area contributed by atoms with Gasteiger partial charge in [-0.15, -0.1) is 0 Å². The zero-order valence-corrected chi connectivity index (χ0v) is 24.5. The van der Waals surface area contributed by atoms with Gasteiger partial charge in [0.1, 0.15) is 11.6 Å². The molecule has 1 saturated heterocycles. The Morgan fingerprint density at radius 3 is 2.46 bits per heavy atom. The number of anilines is 1. The maximum Gasteiger partial charge on any atom is 0.419 e. The van der Waals surface area contributed by atoms with E-state index in [-0.39, 0.29) is 17.2 Å². The van der Waals surface area contributed by atoms with Gasteiger partial charge in [0.15, 0.2) is 23.1 Å². The van der Waals surface area contributed by atoms with Crippen molar-refractivity contribution in [1.82, 2.24) is 15.6 Å². The molecule has 0 spiro atoms. The van der Waals surface area contributed by atoms with Gasteiger partial charge in [0.25, 0.3) is 0 Å². The van der Waals surface area contributed by atoms with Crippen LogP contribution in [0.2, 0.25) is 0 Å². The number of amides is 2. The van der Waals surface area contributed by atoms with Crippen molar-refractivity contribution >= 4 is 28.4 Å². The highest BCUT2D eigenvalue weighted by atomic mass is 19.4. The number of methoxy groups -OCH3 is 1. The van der Waals surface area contributed by atoms with Gasteiger partial charge in [-0.05, 0) is 62.2 Å². The molecule has 4 aromatic rings. The number of hydrogen-bond donors (Lipinski definition) is 3. The van der Waals surface area contributed by atoms with Crippen LogP contribution < -0.4 is 30.2 Å². The van der Waals surface area contributed by atoms with Crippen LogP contribution in [0.15, 0.2) is 60.8 Å². The molecule has 0 saturated carbocycles. The largest absolute Gasteiger partial charge is 0.493 e. The summed E-state index contributed by atoms with van der Waals surface area (Å²) in [6.45, 7) is 1.74. The van der Waals surface area contributed by atoms with E-state index in [2.05, 4.69) is 15.6 Å². The van der Waals surface area contributed by atoms with E-state index in [1.807, 2.05) is 5.32 Å². The number of ether oxygens (including phenoxy) is 3. The molecule has 3 N–H and O–H groups in total. The number of carbonyl (C=O) groups excluding carboxylic acids is 2. The standard InChI is InChI=1S/C32H29F5N4O5/c1-44-27-14-21-24(15-28(27)45-17-18-7-10-38-11-8-18)39-12-9-25(21)46-26-6-5-20(13-23(26)33)41-31(43)30(42)40-16-19-3-2-4-22(29(19)34)32(35,36)37/h2-6,9,12-15,18,38H,7-8,10-11,16-17H2,1H3,(H,40,42)(H,41,43). The molecule has 0 atom stereocenters. The van der Waals surface area contributed by atoms with Crippen molar-refractivity contribution in [3.63, 3.8) is 0 Å². The van der Waals surface area contributed by atoms with E-state index in [1.54, 1.807) is 18.2 Å². The molecule has 2 heterocycles. The minimum Gasteiger partial charge on any atom is -0.493 e. The van der Waals surface area contributed by atoms with Crippen molar-refractivity contribution in [3.05, 3.63) is 83.6 Å². The Bertz CT molecular complexity index is 1740. The van der Waals surface area contributed by atoms with Crippen molar-refractivity contribution in [2.75, 3.05) is 32.1 Å². The molecule has 242 valence electrons. The Balaban J connectivity index is 1.23. The number of rotatable bonds is 9. The van der Waals surface area contributed by atoms with Gasteiger partial charge >= 0.3 is 18.0 Å². The Hall–Kier alpha value is -4.98. The number of pyridine rings is 1. The van der Waals surface area contributed by atoms with Crippen LogP contribution >= 0.6 is 0 Å². The zero-order valence-electron chi connectivity index (χ0n) is 24.5. The molecule has 5 rings (SSSR count). The number of nitrogens with one attached hydrogen (secondary N) is 3. The molecule has 0 aliphatic carbocycles. The van der Waals surface area contributed by atoms with Gasteiger partial charge in [-0.2, -0.15) is 13.2 Å². The first-order valence-corrected chi connectivity index (χ1v) is 14.2. The number of hydrogen-bond acceptors (Lipinski definition) is 7. The van der Waals surface area contributed by atoms with Crippen LogP contribution in [-0.2, 0) is 22.3 Å². The molecule has 14 heteroatoms. The van der Waals surface area contributed by atoms with E-state index in [9.17, 15) is 27.2 Å². The minimum absolute atomic E-state index is 0.105. The monoisotopic (exact) mass is 644 g/mol. The van der Waals surface area contributed by atoms with Crippen LogP contribution in [0.4, 0.5) is 27.6 Å². The molecular formula is C32H29F5N4O5. The van der Waals surface area contributed by atoms with E-state index in [0.717, 1.165) is 44.1 Å². The van der Waals surface area contributed by atoms with E-state index < -0.39 is 47.3 Å². The van der Waals surface area contributed by atoms with Gasteiger partial charge in [-0.25, -0.2) is 8.78 Å². The van der Waals surface area contributed by atoms with Crippen LogP contribution in [0.5, 0.6) is 23.0 Å². The number of carbonyl (C=O) groups is 2. The molecule has 9 nitrogen and oxygen atoms in total. The number of piperidine rings is 1. The number of aromatic nitrogens is 1. The summed E-state index contributed by atoms with van der Waals surface area (Å²) in [5.41, 5.74) is -1.54. The van der Waals surface area contributed by atoms with Crippen molar-refractivity contribution in [3.8, 4) is 23.0 Å². The summed E-state index contributed by atoms with van der Waals surface area (Å²) >= 11 is 0. The third-order valence-electron chi connectivity index (χ3n) is 7.36. The molecule has 1 aromatic heterocycles. The first-order valence-electron chi connectivity index (χ1n) is 14.2. The van der Waals surface area contributed by atoms with Crippen molar-refractivity contribution in [1.29, 1.82) is 0 Å². The second kappa shape index (κ2) is 14.0. The average molecular weight is 645 g/mol. The summed E-state index contributed by atoms with van der Waals surface area (Å²) in [7, 11) is 1.51. The number of halogens is 5. The van der Waals surface area contributed by atoms with E-state index >= 15 is 4.39 Å². The first-order chi connectivity index (χ1) is 22.0. The lowest BCUT2D eigenvalue weighted by atomic mass is 9.99. The molecule has 1 aliphatic rings. The summed E-state index contributed by atoms with van der Waals surface area (Å²) in [6, 6.07) is 11.0. The Morgan fingerprint density at radius 1 is 0.957 bits per heavy atom. The Morgan fingerprint density at radius 2 is 1.74 bits per heavy atom. The molecule has 46 heavy (non-hydrogen) atoms. The molecule has 3 aromatic carbocycles. The molecule has 1 aliphatic heterocycles. The zero-order chi connectivity index (χ0) is 32.8. The predicted octanol–water partition coefficient (Wildman–Crippen LogP) is 5.97. The van der Waals surface area contributed by atoms with Gasteiger partial charge in [-0.1, -0.05) is 12.1 Å². The summed E-state index contributed by atoms with van der Waals surface area (Å²) in [6.07, 6.45) is -1.41. The highest BCUT2D eigenvalue weighted by Gasteiger charge is 2.34. The van der Waals surface area contributed by atoms with Gasteiger partial charge in [-0.3, -0.25) is 14.6 Å². The molecule has 0 bridgehead atoms. The minimum atomic E-state index is -4.93. The van der Waals surface area contributed by atoms with E-state index in [0.29, 0.717) is 41.0 Å². The number of benzene rings is 3. The lowest BCUT2D eigenvalue weighted by Gasteiger charge is -2.23. The third-order valence-corrected chi connectivity index (χ3v) is 7.36. The fourth-order valence-corrected chi connectivity index (χ4v) is 4.90. The summed E-state index contributed by atoms with van der Waals surface area (Å²) in [5.74, 6) is -3.48. The number of nitrogens with zero attached hydrogens (tertiary/aromatic N) is 1. The lowest BCUT2D eigenvalue weighted by Crippen LogP contribution is -2.35. The molecule has 0 radical (unpaired) electrons. The lowest BCUT2D eigenvalue weighted by molar-refractivity contribution is -0.140. The number of fused-ring (bicyclic) bond motifs is 1. The van der Waals surface area contributed by atoms with Crippen LogP contribution in [0, 0.1) is 17.6 Å². The molecule has 0 unspecified atom stereocenters. The second-order valence-electron chi connectivity index (χ2n) is 10.5. The topological polar surface area (TPSA) is 111 Å². The SMILES string of the molecule is COc1cc2c(Oc3ccc(NC(=O)C(=O)NCc4cccc(C(F)(F)F)c4F)cc3F)ccnc2cc1OCC1CCNCC1. The van der Waals surface area contributed by atoms with Crippen LogP contribution in [0.1, 0.15) is 24.0 Å². The normalized spacial score (nSPS) is 13.7. The quantitative estimate of drug-likeness (QED) is 0.152. The number of alkyl halides is 3. The van der Waals surface area contributed by atoms with E-state index in [4.69, 9.17) is 14.2 Å². The predicted molar refractivity (Wildman–Crippen MR) is 158 cm³/mol.